The highest BCUT2D eigenvalue weighted by molar-refractivity contribution is 7.89. The number of anilines is 2. The number of thiazole rings is 1. The van der Waals surface area contributed by atoms with Crippen LogP contribution < -0.4 is 10.6 Å². The zero-order valence-corrected chi connectivity index (χ0v) is 17.0. The molecule has 0 bridgehead atoms. The Hall–Kier alpha value is -2.76. The van der Waals surface area contributed by atoms with Crippen molar-refractivity contribution in [3.63, 3.8) is 0 Å². The number of nitrogens with zero attached hydrogens (tertiary/aromatic N) is 2. The third-order valence-electron chi connectivity index (χ3n) is 3.36. The van der Waals surface area contributed by atoms with Gasteiger partial charge in [0.2, 0.25) is 10.0 Å². The lowest BCUT2D eigenvalue weighted by Gasteiger charge is -2.12. The van der Waals surface area contributed by atoms with Crippen molar-refractivity contribution < 1.29 is 22.7 Å². The summed E-state index contributed by atoms with van der Waals surface area (Å²) in [4.78, 5) is 28.0. The zero-order valence-electron chi connectivity index (χ0n) is 15.3. The van der Waals surface area contributed by atoms with Crippen molar-refractivity contribution in [2.24, 2.45) is 0 Å². The summed E-state index contributed by atoms with van der Waals surface area (Å²) < 4.78 is 30.0. The van der Waals surface area contributed by atoms with E-state index in [9.17, 15) is 18.0 Å². The lowest BCUT2D eigenvalue weighted by molar-refractivity contribution is -0.119. The van der Waals surface area contributed by atoms with Gasteiger partial charge < -0.3 is 15.4 Å². The first-order valence-electron chi connectivity index (χ1n) is 8.04. The van der Waals surface area contributed by atoms with E-state index >= 15 is 0 Å². The highest BCUT2D eigenvalue weighted by atomic mass is 32.2. The Balaban J connectivity index is 1.87. The summed E-state index contributed by atoms with van der Waals surface area (Å²) in [5.41, 5.74) is 0.478. The fraction of sp³-hybridized carbons (Fsp3) is 0.235. The van der Waals surface area contributed by atoms with Gasteiger partial charge in [0.25, 0.3) is 5.91 Å². The molecule has 28 heavy (non-hydrogen) atoms. The Kier molecular flexibility index (Phi) is 7.26. The molecule has 0 saturated heterocycles. The molecular weight excluding hydrogens is 404 g/mol. The van der Waals surface area contributed by atoms with Gasteiger partial charge in [0.1, 0.15) is 0 Å². The number of esters is 1. The molecule has 0 radical (unpaired) electrons. The van der Waals surface area contributed by atoms with E-state index in [1.165, 1.54) is 55.1 Å². The van der Waals surface area contributed by atoms with Gasteiger partial charge in [0, 0.05) is 31.7 Å². The minimum absolute atomic E-state index is 0.0996. The predicted octanol–water partition coefficient (Wildman–Crippen LogP) is 1.79. The van der Waals surface area contributed by atoms with Crippen LogP contribution in [0.4, 0.5) is 10.8 Å². The van der Waals surface area contributed by atoms with Crippen LogP contribution in [0.25, 0.3) is 0 Å². The number of benzene rings is 1. The van der Waals surface area contributed by atoms with Crippen molar-refractivity contribution in [3.8, 4) is 0 Å². The standard InChI is InChI=1S/C17H20N4O5S2/c1-4-9-18-17-20-14(11-27-17)16(23)26-10-15(22)19-12-5-7-13(8-6-12)28(24,25)21(2)3/h4-8,11H,1,9-10H2,2-3H3,(H,18,20)(H,19,22). The molecule has 0 unspecified atom stereocenters. The zero-order chi connectivity index (χ0) is 20.7. The molecular formula is C17H20N4O5S2. The van der Waals surface area contributed by atoms with E-state index in [1.54, 1.807) is 6.08 Å². The molecule has 2 N–H and O–H groups in total. The number of hydrogen-bond donors (Lipinski definition) is 2. The summed E-state index contributed by atoms with van der Waals surface area (Å²) in [7, 11) is -0.682. The van der Waals surface area contributed by atoms with Gasteiger partial charge in [0.15, 0.2) is 17.4 Å². The van der Waals surface area contributed by atoms with Gasteiger partial charge in [-0.25, -0.2) is 22.5 Å². The lowest BCUT2D eigenvalue weighted by Crippen LogP contribution is -2.22. The number of hydrogen-bond acceptors (Lipinski definition) is 8. The average Bonchev–Trinajstić information content (AvgIpc) is 3.14. The van der Waals surface area contributed by atoms with Crippen molar-refractivity contribution in [1.29, 1.82) is 0 Å². The van der Waals surface area contributed by atoms with E-state index in [-0.39, 0.29) is 10.6 Å². The molecule has 11 heteroatoms. The molecule has 0 aliphatic heterocycles. The van der Waals surface area contributed by atoms with Crippen LogP contribution in [-0.4, -0.2) is 56.8 Å². The molecule has 150 valence electrons. The van der Waals surface area contributed by atoms with Crippen LogP contribution >= 0.6 is 11.3 Å². The quantitative estimate of drug-likeness (QED) is 0.465. The van der Waals surface area contributed by atoms with Crippen molar-refractivity contribution in [2.75, 3.05) is 37.9 Å². The molecule has 0 saturated carbocycles. The van der Waals surface area contributed by atoms with E-state index in [4.69, 9.17) is 4.74 Å². The van der Waals surface area contributed by atoms with E-state index in [0.717, 1.165) is 4.31 Å². The molecule has 2 aromatic rings. The number of carbonyl (C=O) groups is 2. The number of amides is 1. The number of carbonyl (C=O) groups excluding carboxylic acids is 2. The second kappa shape index (κ2) is 9.44. The van der Waals surface area contributed by atoms with E-state index < -0.39 is 28.5 Å². The van der Waals surface area contributed by atoms with E-state index in [1.807, 2.05) is 0 Å². The largest absolute Gasteiger partial charge is 0.451 e. The van der Waals surface area contributed by atoms with Gasteiger partial charge >= 0.3 is 5.97 Å². The number of aromatic nitrogens is 1. The first kappa shape index (κ1) is 21.5. The fourth-order valence-corrected chi connectivity index (χ4v) is 3.52. The van der Waals surface area contributed by atoms with Crippen molar-refractivity contribution in [2.45, 2.75) is 4.90 Å². The number of nitrogens with one attached hydrogen (secondary N) is 2. The summed E-state index contributed by atoms with van der Waals surface area (Å²) in [5.74, 6) is -1.28. The second-order valence-electron chi connectivity index (χ2n) is 5.64. The maximum atomic E-state index is 12.0. The Morgan fingerprint density at radius 3 is 2.57 bits per heavy atom. The number of ether oxygens (including phenoxy) is 1. The Labute approximate surface area is 167 Å². The monoisotopic (exact) mass is 424 g/mol. The summed E-state index contributed by atoms with van der Waals surface area (Å²) in [6, 6.07) is 5.66. The Morgan fingerprint density at radius 2 is 1.96 bits per heavy atom. The van der Waals surface area contributed by atoms with E-state index in [2.05, 4.69) is 22.2 Å². The first-order chi connectivity index (χ1) is 13.2. The Bertz CT molecular complexity index is 952. The maximum absolute atomic E-state index is 12.0. The van der Waals surface area contributed by atoms with Crippen LogP contribution in [0.3, 0.4) is 0 Å². The predicted molar refractivity (Wildman–Crippen MR) is 107 cm³/mol. The van der Waals surface area contributed by atoms with Gasteiger partial charge in [-0.1, -0.05) is 6.08 Å². The first-order valence-corrected chi connectivity index (χ1v) is 10.4. The van der Waals surface area contributed by atoms with Gasteiger partial charge in [-0.2, -0.15) is 0 Å². The smallest absolute Gasteiger partial charge is 0.358 e. The summed E-state index contributed by atoms with van der Waals surface area (Å²) in [6.45, 7) is 3.59. The molecule has 0 spiro atoms. The van der Waals surface area contributed by atoms with Crippen LogP contribution in [-0.2, 0) is 19.6 Å². The lowest BCUT2D eigenvalue weighted by atomic mass is 10.3. The third-order valence-corrected chi connectivity index (χ3v) is 5.99. The van der Waals surface area contributed by atoms with Crippen LogP contribution in [0.15, 0.2) is 47.2 Å². The molecule has 1 amide bonds. The van der Waals surface area contributed by atoms with Gasteiger partial charge in [-0.3, -0.25) is 4.79 Å². The SMILES string of the molecule is C=CCNc1nc(C(=O)OCC(=O)Nc2ccc(S(=O)(=O)N(C)C)cc2)cs1. The topological polar surface area (TPSA) is 118 Å². The Morgan fingerprint density at radius 1 is 1.29 bits per heavy atom. The van der Waals surface area contributed by atoms with Crippen molar-refractivity contribution in [3.05, 3.63) is 48.0 Å². The summed E-state index contributed by atoms with van der Waals surface area (Å²) >= 11 is 1.24. The van der Waals surface area contributed by atoms with Crippen molar-refractivity contribution in [1.82, 2.24) is 9.29 Å². The minimum Gasteiger partial charge on any atom is -0.451 e. The van der Waals surface area contributed by atoms with Gasteiger partial charge in [-0.05, 0) is 24.3 Å². The second-order valence-corrected chi connectivity index (χ2v) is 8.65. The van der Waals surface area contributed by atoms with Crippen molar-refractivity contribution >= 4 is 44.1 Å². The van der Waals surface area contributed by atoms with E-state index in [0.29, 0.717) is 17.4 Å². The minimum atomic E-state index is -3.54. The molecule has 0 atom stereocenters. The van der Waals surface area contributed by atoms with Crippen LogP contribution in [0.2, 0.25) is 0 Å². The van der Waals surface area contributed by atoms with Crippen LogP contribution in [0.5, 0.6) is 0 Å². The van der Waals surface area contributed by atoms with Crippen LogP contribution in [0.1, 0.15) is 10.5 Å². The molecule has 1 aromatic heterocycles. The summed E-state index contributed by atoms with van der Waals surface area (Å²) in [5, 5.41) is 7.54. The van der Waals surface area contributed by atoms with Crippen LogP contribution in [0, 0.1) is 0 Å². The summed E-state index contributed by atoms with van der Waals surface area (Å²) in [6.07, 6.45) is 1.66. The van der Waals surface area contributed by atoms with Gasteiger partial charge in [-0.15, -0.1) is 17.9 Å². The number of rotatable bonds is 9. The highest BCUT2D eigenvalue weighted by Gasteiger charge is 2.17. The fourth-order valence-electron chi connectivity index (χ4n) is 1.93. The maximum Gasteiger partial charge on any atom is 0.358 e. The molecule has 0 aliphatic carbocycles. The normalized spacial score (nSPS) is 11.1. The molecule has 0 fully saturated rings. The molecule has 9 nitrogen and oxygen atoms in total. The van der Waals surface area contributed by atoms with Gasteiger partial charge in [0.05, 0.1) is 4.90 Å². The average molecular weight is 425 g/mol. The molecule has 1 aromatic carbocycles. The third kappa shape index (κ3) is 5.62. The molecule has 0 aliphatic rings. The molecule has 2 rings (SSSR count). The highest BCUT2D eigenvalue weighted by Crippen LogP contribution is 2.17. The number of sulfonamides is 1. The molecule has 1 heterocycles.